The SMILES string of the molecule is CC(C)Oc1ncccc1CNC(=O)N[C@@H](C)c1cccs1. The molecular weight excluding hydrogens is 298 g/mol. The van der Waals surface area contributed by atoms with E-state index in [1.54, 1.807) is 17.5 Å². The van der Waals surface area contributed by atoms with Gasteiger partial charge >= 0.3 is 6.03 Å². The van der Waals surface area contributed by atoms with Gasteiger partial charge in [0.2, 0.25) is 5.88 Å². The van der Waals surface area contributed by atoms with Crippen molar-refractivity contribution >= 4 is 17.4 Å². The van der Waals surface area contributed by atoms with Gasteiger partial charge in [-0.2, -0.15) is 0 Å². The highest BCUT2D eigenvalue weighted by Gasteiger charge is 2.11. The second kappa shape index (κ2) is 7.79. The number of hydrogen-bond donors (Lipinski definition) is 2. The van der Waals surface area contributed by atoms with Crippen LogP contribution < -0.4 is 15.4 Å². The maximum absolute atomic E-state index is 12.0. The Balaban J connectivity index is 1.88. The molecule has 0 aromatic carbocycles. The van der Waals surface area contributed by atoms with Gasteiger partial charge in [0.25, 0.3) is 0 Å². The lowest BCUT2D eigenvalue weighted by molar-refractivity contribution is 0.228. The molecule has 2 N–H and O–H groups in total. The molecule has 5 nitrogen and oxygen atoms in total. The van der Waals surface area contributed by atoms with E-state index in [4.69, 9.17) is 4.74 Å². The van der Waals surface area contributed by atoms with Crippen molar-refractivity contribution in [3.63, 3.8) is 0 Å². The second-order valence-electron chi connectivity index (χ2n) is 5.20. The third kappa shape index (κ3) is 4.73. The molecule has 2 amide bonds. The van der Waals surface area contributed by atoms with E-state index in [1.807, 2.05) is 50.4 Å². The zero-order chi connectivity index (χ0) is 15.9. The minimum atomic E-state index is -0.208. The molecule has 0 spiro atoms. The van der Waals surface area contributed by atoms with E-state index >= 15 is 0 Å². The van der Waals surface area contributed by atoms with Gasteiger partial charge in [0.1, 0.15) is 0 Å². The van der Waals surface area contributed by atoms with E-state index in [0.717, 1.165) is 10.4 Å². The summed E-state index contributed by atoms with van der Waals surface area (Å²) in [6, 6.07) is 7.48. The molecule has 6 heteroatoms. The van der Waals surface area contributed by atoms with Crippen LogP contribution in [0.2, 0.25) is 0 Å². The Kier molecular flexibility index (Phi) is 5.77. The van der Waals surface area contributed by atoms with Gasteiger partial charge in [-0.05, 0) is 38.3 Å². The molecule has 2 aromatic heterocycles. The van der Waals surface area contributed by atoms with Crippen molar-refractivity contribution in [1.82, 2.24) is 15.6 Å². The predicted molar refractivity (Wildman–Crippen MR) is 88.1 cm³/mol. The smallest absolute Gasteiger partial charge is 0.315 e. The minimum absolute atomic E-state index is 0.0136. The van der Waals surface area contributed by atoms with Gasteiger partial charge in [0.05, 0.1) is 12.1 Å². The Labute approximate surface area is 134 Å². The van der Waals surface area contributed by atoms with Crippen molar-refractivity contribution in [2.45, 2.75) is 39.5 Å². The summed E-state index contributed by atoms with van der Waals surface area (Å²) in [6.45, 7) is 6.23. The van der Waals surface area contributed by atoms with Crippen LogP contribution in [0.3, 0.4) is 0 Å². The van der Waals surface area contributed by atoms with E-state index < -0.39 is 0 Å². The number of amides is 2. The molecule has 0 aliphatic rings. The summed E-state index contributed by atoms with van der Waals surface area (Å²) in [4.78, 5) is 17.3. The van der Waals surface area contributed by atoms with Crippen molar-refractivity contribution in [2.24, 2.45) is 0 Å². The van der Waals surface area contributed by atoms with Crippen LogP contribution in [0, 0.1) is 0 Å². The molecule has 0 aliphatic heterocycles. The summed E-state index contributed by atoms with van der Waals surface area (Å²) in [5.74, 6) is 0.559. The first kappa shape index (κ1) is 16.3. The maximum Gasteiger partial charge on any atom is 0.315 e. The molecule has 0 radical (unpaired) electrons. The van der Waals surface area contributed by atoms with E-state index in [9.17, 15) is 4.79 Å². The number of carbonyl (C=O) groups is 1. The summed E-state index contributed by atoms with van der Waals surface area (Å²) in [5.41, 5.74) is 0.857. The molecule has 2 heterocycles. The summed E-state index contributed by atoms with van der Waals surface area (Å²) in [5, 5.41) is 7.75. The number of carbonyl (C=O) groups excluding carboxylic acids is 1. The van der Waals surface area contributed by atoms with Gasteiger partial charge in [-0.1, -0.05) is 12.1 Å². The second-order valence-corrected chi connectivity index (χ2v) is 6.18. The molecule has 0 bridgehead atoms. The molecular formula is C16H21N3O2S. The van der Waals surface area contributed by atoms with Crippen molar-refractivity contribution < 1.29 is 9.53 Å². The van der Waals surface area contributed by atoms with Gasteiger partial charge in [0.15, 0.2) is 0 Å². The number of thiophene rings is 1. The Morgan fingerprint density at radius 1 is 1.32 bits per heavy atom. The first-order valence-electron chi connectivity index (χ1n) is 7.24. The average Bonchev–Trinajstić information content (AvgIpc) is 3.00. The van der Waals surface area contributed by atoms with Crippen molar-refractivity contribution in [1.29, 1.82) is 0 Å². The fourth-order valence-electron chi connectivity index (χ4n) is 1.92. The fraction of sp³-hybridized carbons (Fsp3) is 0.375. The molecule has 0 fully saturated rings. The van der Waals surface area contributed by atoms with Crippen LogP contribution in [0.15, 0.2) is 35.8 Å². The lowest BCUT2D eigenvalue weighted by Crippen LogP contribution is -2.36. The van der Waals surface area contributed by atoms with Crippen molar-refractivity contribution in [3.05, 3.63) is 46.3 Å². The third-order valence-corrected chi connectivity index (χ3v) is 4.01. The van der Waals surface area contributed by atoms with Crippen LogP contribution in [-0.4, -0.2) is 17.1 Å². The zero-order valence-electron chi connectivity index (χ0n) is 13.0. The molecule has 0 saturated heterocycles. The number of rotatable bonds is 6. The van der Waals surface area contributed by atoms with Crippen molar-refractivity contribution in [2.75, 3.05) is 0 Å². The monoisotopic (exact) mass is 319 g/mol. The number of hydrogen-bond acceptors (Lipinski definition) is 4. The highest BCUT2D eigenvalue weighted by atomic mass is 32.1. The summed E-state index contributed by atoms with van der Waals surface area (Å²) in [7, 11) is 0. The summed E-state index contributed by atoms with van der Waals surface area (Å²) >= 11 is 1.62. The van der Waals surface area contributed by atoms with Gasteiger partial charge in [-0.15, -0.1) is 11.3 Å². The quantitative estimate of drug-likeness (QED) is 0.856. The molecule has 0 unspecified atom stereocenters. The minimum Gasteiger partial charge on any atom is -0.475 e. The largest absolute Gasteiger partial charge is 0.475 e. The lowest BCUT2D eigenvalue weighted by Gasteiger charge is -2.15. The highest BCUT2D eigenvalue weighted by Crippen LogP contribution is 2.18. The molecule has 22 heavy (non-hydrogen) atoms. The molecule has 118 valence electrons. The van der Waals surface area contributed by atoms with Crippen LogP contribution in [0.4, 0.5) is 4.79 Å². The molecule has 0 aliphatic carbocycles. The molecule has 1 atom stereocenters. The standard InChI is InChI=1S/C16H21N3O2S/c1-11(2)21-15-13(6-4-8-17-15)10-18-16(20)19-12(3)14-7-5-9-22-14/h4-9,11-12H,10H2,1-3H3,(H2,18,19,20)/t12-/m0/s1. The summed E-state index contributed by atoms with van der Waals surface area (Å²) in [6.07, 6.45) is 1.72. The van der Waals surface area contributed by atoms with Crippen molar-refractivity contribution in [3.8, 4) is 5.88 Å². The first-order chi connectivity index (χ1) is 10.6. The van der Waals surface area contributed by atoms with Crippen LogP contribution in [0.5, 0.6) is 5.88 Å². The van der Waals surface area contributed by atoms with E-state index in [1.165, 1.54) is 0 Å². The number of pyridine rings is 1. The molecule has 0 saturated carbocycles. The number of aromatic nitrogens is 1. The molecule has 2 aromatic rings. The number of nitrogens with one attached hydrogen (secondary N) is 2. The fourth-order valence-corrected chi connectivity index (χ4v) is 2.65. The summed E-state index contributed by atoms with van der Waals surface area (Å²) < 4.78 is 5.64. The van der Waals surface area contributed by atoms with E-state index in [0.29, 0.717) is 12.4 Å². The van der Waals surface area contributed by atoms with Gasteiger partial charge in [0, 0.05) is 23.2 Å². The molecule has 2 rings (SSSR count). The van der Waals surface area contributed by atoms with Crippen LogP contribution >= 0.6 is 11.3 Å². The van der Waals surface area contributed by atoms with Crippen LogP contribution in [-0.2, 0) is 6.54 Å². The Morgan fingerprint density at radius 3 is 2.82 bits per heavy atom. The lowest BCUT2D eigenvalue weighted by atomic mass is 10.2. The number of urea groups is 1. The predicted octanol–water partition coefficient (Wildman–Crippen LogP) is 3.49. The third-order valence-electron chi connectivity index (χ3n) is 2.95. The van der Waals surface area contributed by atoms with E-state index in [-0.39, 0.29) is 18.2 Å². The average molecular weight is 319 g/mol. The van der Waals surface area contributed by atoms with E-state index in [2.05, 4.69) is 15.6 Å². The van der Waals surface area contributed by atoms with Gasteiger partial charge in [-0.25, -0.2) is 9.78 Å². The zero-order valence-corrected chi connectivity index (χ0v) is 13.8. The van der Waals surface area contributed by atoms with Crippen LogP contribution in [0.1, 0.15) is 37.3 Å². The normalized spacial score (nSPS) is 12.0. The first-order valence-corrected chi connectivity index (χ1v) is 8.12. The maximum atomic E-state index is 12.0. The Morgan fingerprint density at radius 2 is 2.14 bits per heavy atom. The van der Waals surface area contributed by atoms with Gasteiger partial charge < -0.3 is 15.4 Å². The van der Waals surface area contributed by atoms with Gasteiger partial charge in [-0.3, -0.25) is 0 Å². The Bertz CT molecular complexity index is 599. The van der Waals surface area contributed by atoms with Crippen LogP contribution in [0.25, 0.3) is 0 Å². The number of nitrogens with zero attached hydrogens (tertiary/aromatic N) is 1. The highest BCUT2D eigenvalue weighted by molar-refractivity contribution is 7.10. The topological polar surface area (TPSA) is 63.2 Å². The Hall–Kier alpha value is -2.08. The number of ether oxygens (including phenoxy) is 1.